The average Bonchev–Trinajstić information content (AvgIpc) is 3.26. The monoisotopic (exact) mass is 441 g/mol. The van der Waals surface area contributed by atoms with Gasteiger partial charge in [-0.15, -0.1) is 11.3 Å². The topological polar surface area (TPSA) is 63.7 Å². The molecule has 1 aliphatic rings. The summed E-state index contributed by atoms with van der Waals surface area (Å²) >= 11 is 1.75. The van der Waals surface area contributed by atoms with Crippen LogP contribution in [0.3, 0.4) is 0 Å². The number of nitrogens with zero attached hydrogens (tertiary/aromatic N) is 1. The maximum atomic E-state index is 12.8. The summed E-state index contributed by atoms with van der Waals surface area (Å²) in [5, 5.41) is 2.09. The predicted molar refractivity (Wildman–Crippen MR) is 117 cm³/mol. The van der Waals surface area contributed by atoms with Crippen molar-refractivity contribution in [1.29, 1.82) is 0 Å². The van der Waals surface area contributed by atoms with Crippen molar-refractivity contribution in [3.63, 3.8) is 0 Å². The highest BCUT2D eigenvalue weighted by atomic mass is 32.2. The zero-order valence-electron chi connectivity index (χ0n) is 16.7. The van der Waals surface area contributed by atoms with Crippen LogP contribution in [0.2, 0.25) is 0 Å². The van der Waals surface area contributed by atoms with Crippen LogP contribution in [-0.4, -0.2) is 32.4 Å². The Morgan fingerprint density at radius 2 is 1.77 bits per heavy atom. The van der Waals surface area contributed by atoms with Crippen LogP contribution in [0, 0.1) is 0 Å². The van der Waals surface area contributed by atoms with Gasteiger partial charge in [-0.05, 0) is 66.2 Å². The minimum atomic E-state index is -3.57. The minimum Gasteiger partial charge on any atom is -0.484 e. The zero-order chi connectivity index (χ0) is 21.1. The summed E-state index contributed by atoms with van der Waals surface area (Å²) < 4.78 is 31.0. The van der Waals surface area contributed by atoms with Gasteiger partial charge in [0.2, 0.25) is 9.84 Å². The molecule has 0 radical (unpaired) electrons. The van der Waals surface area contributed by atoms with E-state index in [-0.39, 0.29) is 28.3 Å². The number of hydrogen-bond acceptors (Lipinski definition) is 5. The second kappa shape index (κ2) is 8.62. The molecule has 0 N–H and O–H groups in total. The van der Waals surface area contributed by atoms with Crippen LogP contribution in [0.25, 0.3) is 0 Å². The van der Waals surface area contributed by atoms with E-state index in [0.717, 1.165) is 12.8 Å². The van der Waals surface area contributed by atoms with Gasteiger partial charge < -0.3 is 9.64 Å². The van der Waals surface area contributed by atoms with E-state index in [4.69, 9.17) is 4.74 Å². The highest BCUT2D eigenvalue weighted by Gasteiger charge is 2.30. The van der Waals surface area contributed by atoms with Crippen molar-refractivity contribution in [1.82, 2.24) is 4.90 Å². The van der Waals surface area contributed by atoms with Gasteiger partial charge in [-0.2, -0.15) is 0 Å². The Hall–Kier alpha value is -2.64. The molecular formula is C23H23NO4S2. The van der Waals surface area contributed by atoms with Crippen LogP contribution in [0.5, 0.6) is 5.75 Å². The molecule has 2 aromatic carbocycles. The van der Waals surface area contributed by atoms with Gasteiger partial charge in [-0.3, -0.25) is 4.79 Å². The second-order valence-corrected chi connectivity index (χ2v) is 10.1. The first-order valence-electron chi connectivity index (χ1n) is 9.89. The number of sulfone groups is 1. The van der Waals surface area contributed by atoms with Crippen molar-refractivity contribution in [2.24, 2.45) is 0 Å². The highest BCUT2D eigenvalue weighted by molar-refractivity contribution is 7.91. The standard InChI is InChI=1S/C23H23NO4S2/c1-2-21-20-13-15-29-22(20)12-14-24(21)23(25)16-28-17-8-10-19(11-9-17)30(26,27)18-6-4-3-5-7-18/h3-11,13,15,21H,2,12,14,16H2,1H3. The van der Waals surface area contributed by atoms with Gasteiger partial charge in [0, 0.05) is 11.4 Å². The largest absolute Gasteiger partial charge is 0.484 e. The van der Waals surface area contributed by atoms with Gasteiger partial charge in [0.15, 0.2) is 6.61 Å². The third-order valence-corrected chi connectivity index (χ3v) is 8.13. The highest BCUT2D eigenvalue weighted by Crippen LogP contribution is 2.35. The smallest absolute Gasteiger partial charge is 0.261 e. The third-order valence-electron chi connectivity index (χ3n) is 5.35. The molecule has 1 aliphatic heterocycles. The van der Waals surface area contributed by atoms with Gasteiger partial charge in [0.05, 0.1) is 15.8 Å². The number of ether oxygens (including phenoxy) is 1. The number of thiophene rings is 1. The van der Waals surface area contributed by atoms with Crippen LogP contribution in [0.15, 0.2) is 75.8 Å². The Morgan fingerprint density at radius 3 is 2.47 bits per heavy atom. The molecule has 3 aromatic rings. The molecule has 156 valence electrons. The maximum absolute atomic E-state index is 12.8. The molecule has 1 amide bonds. The lowest BCUT2D eigenvalue weighted by Crippen LogP contribution is -2.41. The number of rotatable bonds is 6. The summed E-state index contributed by atoms with van der Waals surface area (Å²) in [6.45, 7) is 2.72. The molecule has 5 nitrogen and oxygen atoms in total. The predicted octanol–water partition coefficient (Wildman–Crippen LogP) is 4.50. The first kappa shape index (κ1) is 20.6. The Morgan fingerprint density at radius 1 is 1.07 bits per heavy atom. The van der Waals surface area contributed by atoms with Crippen molar-refractivity contribution in [3.8, 4) is 5.75 Å². The molecule has 0 aliphatic carbocycles. The van der Waals surface area contributed by atoms with Crippen LogP contribution in [-0.2, 0) is 21.1 Å². The quantitative estimate of drug-likeness (QED) is 0.565. The number of fused-ring (bicyclic) bond motifs is 1. The zero-order valence-corrected chi connectivity index (χ0v) is 18.3. The molecule has 1 aromatic heterocycles. The van der Waals surface area contributed by atoms with Crippen molar-refractivity contribution < 1.29 is 17.9 Å². The molecule has 1 unspecified atom stereocenters. The summed E-state index contributed by atoms with van der Waals surface area (Å²) in [4.78, 5) is 16.5. The molecule has 1 atom stereocenters. The fourth-order valence-electron chi connectivity index (χ4n) is 3.81. The molecule has 0 bridgehead atoms. The number of hydrogen-bond donors (Lipinski definition) is 0. The van der Waals surface area contributed by atoms with Crippen LogP contribution in [0.4, 0.5) is 0 Å². The second-order valence-electron chi connectivity index (χ2n) is 7.14. The van der Waals surface area contributed by atoms with Crippen molar-refractivity contribution in [2.75, 3.05) is 13.2 Å². The van der Waals surface area contributed by atoms with E-state index < -0.39 is 9.84 Å². The summed E-state index contributed by atoms with van der Waals surface area (Å²) in [7, 11) is -3.57. The molecule has 0 fully saturated rings. The van der Waals surface area contributed by atoms with Gasteiger partial charge in [-0.25, -0.2) is 8.42 Å². The Labute approximate surface area is 180 Å². The maximum Gasteiger partial charge on any atom is 0.261 e. The molecule has 30 heavy (non-hydrogen) atoms. The summed E-state index contributed by atoms with van der Waals surface area (Å²) in [6, 6.07) is 16.7. The molecule has 0 saturated heterocycles. The molecule has 0 saturated carbocycles. The van der Waals surface area contributed by atoms with E-state index in [1.54, 1.807) is 53.8 Å². The van der Waals surface area contributed by atoms with Crippen LogP contribution >= 0.6 is 11.3 Å². The lowest BCUT2D eigenvalue weighted by atomic mass is 9.98. The molecule has 4 rings (SSSR count). The molecule has 2 heterocycles. The molecular weight excluding hydrogens is 418 g/mol. The van der Waals surface area contributed by atoms with Gasteiger partial charge in [0.25, 0.3) is 5.91 Å². The van der Waals surface area contributed by atoms with E-state index >= 15 is 0 Å². The Bertz CT molecular complexity index is 1120. The summed E-state index contributed by atoms with van der Waals surface area (Å²) in [5.41, 5.74) is 1.25. The average molecular weight is 442 g/mol. The Balaban J connectivity index is 1.42. The lowest BCUT2D eigenvalue weighted by molar-refractivity contribution is -0.136. The fraction of sp³-hybridized carbons (Fsp3) is 0.261. The van der Waals surface area contributed by atoms with E-state index in [1.807, 2.05) is 4.90 Å². The van der Waals surface area contributed by atoms with Gasteiger partial charge in [0.1, 0.15) is 5.75 Å². The first-order chi connectivity index (χ1) is 14.5. The van der Waals surface area contributed by atoms with Crippen LogP contribution < -0.4 is 4.74 Å². The fourth-order valence-corrected chi connectivity index (χ4v) is 6.02. The summed E-state index contributed by atoms with van der Waals surface area (Å²) in [6.07, 6.45) is 1.74. The van der Waals surface area contributed by atoms with Gasteiger partial charge in [-0.1, -0.05) is 25.1 Å². The van der Waals surface area contributed by atoms with Crippen LogP contribution in [0.1, 0.15) is 29.8 Å². The minimum absolute atomic E-state index is 0.0558. The van der Waals surface area contributed by atoms with E-state index in [0.29, 0.717) is 12.3 Å². The number of carbonyl (C=O) groups is 1. The van der Waals surface area contributed by atoms with E-state index in [1.165, 1.54) is 22.6 Å². The molecule has 7 heteroatoms. The van der Waals surface area contributed by atoms with Crippen molar-refractivity contribution in [2.45, 2.75) is 35.6 Å². The third kappa shape index (κ3) is 4.00. The van der Waals surface area contributed by atoms with Crippen molar-refractivity contribution >= 4 is 27.1 Å². The summed E-state index contributed by atoms with van der Waals surface area (Å²) in [5.74, 6) is 0.413. The number of benzene rings is 2. The van der Waals surface area contributed by atoms with Crippen molar-refractivity contribution in [3.05, 3.63) is 76.5 Å². The first-order valence-corrected chi connectivity index (χ1v) is 12.3. The van der Waals surface area contributed by atoms with Gasteiger partial charge >= 0.3 is 0 Å². The molecule has 0 spiro atoms. The Kier molecular flexibility index (Phi) is 5.92. The number of carbonyl (C=O) groups excluding carboxylic acids is 1. The SMILES string of the molecule is CCC1c2ccsc2CCN1C(=O)COc1ccc(S(=O)(=O)c2ccccc2)cc1. The lowest BCUT2D eigenvalue weighted by Gasteiger charge is -2.35. The normalized spacial score (nSPS) is 16.2. The van der Waals surface area contributed by atoms with E-state index in [2.05, 4.69) is 18.4 Å². The number of amides is 1. The van der Waals surface area contributed by atoms with E-state index in [9.17, 15) is 13.2 Å².